The van der Waals surface area contributed by atoms with E-state index in [1.165, 1.54) is 23.9 Å². The van der Waals surface area contributed by atoms with Gasteiger partial charge in [-0.1, -0.05) is 17.7 Å². The molecule has 0 bridgehead atoms. The Bertz CT molecular complexity index is 673. The van der Waals surface area contributed by atoms with Crippen LogP contribution in [0, 0.1) is 6.92 Å². The number of halogens is 3. The maximum atomic E-state index is 13.2. The number of carbonyl (C=O) groups is 1. The number of rotatable bonds is 10. The van der Waals surface area contributed by atoms with Gasteiger partial charge in [-0.25, -0.2) is 17.2 Å². The predicted molar refractivity (Wildman–Crippen MR) is 103 cm³/mol. The van der Waals surface area contributed by atoms with Crippen molar-refractivity contribution in [2.45, 2.75) is 30.2 Å². The predicted octanol–water partition coefficient (Wildman–Crippen LogP) is 1.53. The second-order valence-electron chi connectivity index (χ2n) is 5.55. The molecule has 1 amide bonds. The molecule has 0 aliphatic heterocycles. The third-order valence-electron chi connectivity index (χ3n) is 3.38. The number of thioether (sulfide) groups is 1. The standard InChI is InChI=1S/C15H23F2N3O3S2.ClH/c1-11-3-5-12(6-4-11)25(22,23)20-13(7-8-24-2)14(21)19-10-15(16,17)9-18;/h3-6,13,20H,7-10,18H2,1-2H3,(H,19,21);1H. The van der Waals surface area contributed by atoms with Gasteiger partial charge in [-0.2, -0.15) is 16.5 Å². The van der Waals surface area contributed by atoms with Crippen molar-refractivity contribution in [1.29, 1.82) is 0 Å². The lowest BCUT2D eigenvalue weighted by molar-refractivity contribution is -0.124. The fourth-order valence-electron chi connectivity index (χ4n) is 1.86. The highest BCUT2D eigenvalue weighted by Crippen LogP contribution is 2.13. The van der Waals surface area contributed by atoms with Crippen molar-refractivity contribution < 1.29 is 22.0 Å². The van der Waals surface area contributed by atoms with Crippen molar-refractivity contribution in [3.63, 3.8) is 0 Å². The van der Waals surface area contributed by atoms with Crippen LogP contribution in [0.5, 0.6) is 0 Å². The van der Waals surface area contributed by atoms with Crippen molar-refractivity contribution in [2.75, 3.05) is 25.1 Å². The lowest BCUT2D eigenvalue weighted by Crippen LogP contribution is -2.50. The first-order valence-corrected chi connectivity index (χ1v) is 10.4. The molecular formula is C15H24ClF2N3O3S2. The molecule has 1 aromatic carbocycles. The van der Waals surface area contributed by atoms with Crippen LogP contribution in [-0.2, 0) is 14.8 Å². The van der Waals surface area contributed by atoms with E-state index in [1.807, 2.05) is 6.92 Å². The highest BCUT2D eigenvalue weighted by Gasteiger charge is 2.30. The molecule has 0 fully saturated rings. The van der Waals surface area contributed by atoms with E-state index >= 15 is 0 Å². The van der Waals surface area contributed by atoms with Gasteiger partial charge >= 0.3 is 0 Å². The summed E-state index contributed by atoms with van der Waals surface area (Å²) in [5.74, 6) is -3.56. The summed E-state index contributed by atoms with van der Waals surface area (Å²) < 4.78 is 53.5. The van der Waals surface area contributed by atoms with Crippen LogP contribution in [0.1, 0.15) is 12.0 Å². The normalized spacial score (nSPS) is 13.0. The Balaban J connectivity index is 0.00000625. The summed E-state index contributed by atoms with van der Waals surface area (Å²) in [5, 5.41) is 2.06. The fraction of sp³-hybridized carbons (Fsp3) is 0.533. The third-order valence-corrected chi connectivity index (χ3v) is 5.51. The van der Waals surface area contributed by atoms with Gasteiger partial charge in [0, 0.05) is 0 Å². The molecule has 0 saturated heterocycles. The molecule has 0 aliphatic carbocycles. The molecule has 0 aromatic heterocycles. The monoisotopic (exact) mass is 431 g/mol. The molecule has 0 heterocycles. The summed E-state index contributed by atoms with van der Waals surface area (Å²) >= 11 is 1.42. The van der Waals surface area contributed by atoms with Crippen molar-refractivity contribution >= 4 is 40.1 Å². The summed E-state index contributed by atoms with van der Waals surface area (Å²) in [6.07, 6.45) is 1.97. The van der Waals surface area contributed by atoms with E-state index in [1.54, 1.807) is 18.4 Å². The van der Waals surface area contributed by atoms with Crippen LogP contribution in [0.15, 0.2) is 29.2 Å². The average molecular weight is 432 g/mol. The van der Waals surface area contributed by atoms with Crippen LogP contribution < -0.4 is 15.8 Å². The number of nitrogens with two attached hydrogens (primary N) is 1. The third kappa shape index (κ3) is 8.17. The molecule has 0 saturated carbocycles. The van der Waals surface area contributed by atoms with E-state index in [0.717, 1.165) is 5.56 Å². The Morgan fingerprint density at radius 3 is 2.38 bits per heavy atom. The van der Waals surface area contributed by atoms with Gasteiger partial charge in [0.2, 0.25) is 15.9 Å². The summed E-state index contributed by atoms with van der Waals surface area (Å²) in [7, 11) is -3.94. The molecule has 1 unspecified atom stereocenters. The van der Waals surface area contributed by atoms with Crippen LogP contribution in [0.2, 0.25) is 0 Å². The second-order valence-corrected chi connectivity index (χ2v) is 8.25. The summed E-state index contributed by atoms with van der Waals surface area (Å²) in [4.78, 5) is 12.2. The second kappa shape index (κ2) is 11.0. The van der Waals surface area contributed by atoms with Gasteiger partial charge in [0.25, 0.3) is 5.92 Å². The van der Waals surface area contributed by atoms with E-state index in [2.05, 4.69) is 10.0 Å². The Kier molecular flexibility index (Phi) is 10.6. The van der Waals surface area contributed by atoms with Gasteiger partial charge < -0.3 is 11.1 Å². The minimum Gasteiger partial charge on any atom is -0.349 e. The van der Waals surface area contributed by atoms with Crippen molar-refractivity contribution in [3.05, 3.63) is 29.8 Å². The largest absolute Gasteiger partial charge is 0.349 e. The topological polar surface area (TPSA) is 101 Å². The molecule has 1 aromatic rings. The fourth-order valence-corrected chi connectivity index (χ4v) is 3.57. The Morgan fingerprint density at radius 1 is 1.31 bits per heavy atom. The van der Waals surface area contributed by atoms with Crippen LogP contribution in [0.25, 0.3) is 0 Å². The Labute approximate surface area is 163 Å². The van der Waals surface area contributed by atoms with Gasteiger partial charge in [0.05, 0.1) is 18.0 Å². The zero-order valence-electron chi connectivity index (χ0n) is 14.5. The molecule has 0 aliphatic rings. The van der Waals surface area contributed by atoms with Crippen molar-refractivity contribution in [3.8, 4) is 0 Å². The lowest BCUT2D eigenvalue weighted by atomic mass is 10.2. The Hall–Kier alpha value is -0.940. The van der Waals surface area contributed by atoms with E-state index < -0.39 is 41.0 Å². The molecular weight excluding hydrogens is 408 g/mol. The number of sulfonamides is 1. The number of carbonyl (C=O) groups excluding carboxylic acids is 1. The maximum Gasteiger partial charge on any atom is 0.277 e. The van der Waals surface area contributed by atoms with Gasteiger partial charge in [-0.3, -0.25) is 4.79 Å². The smallest absolute Gasteiger partial charge is 0.277 e. The quantitative estimate of drug-likeness (QED) is 0.521. The molecule has 11 heteroatoms. The molecule has 150 valence electrons. The number of benzene rings is 1. The minimum atomic E-state index is -3.94. The van der Waals surface area contributed by atoms with Crippen LogP contribution in [-0.4, -0.2) is 51.4 Å². The zero-order chi connectivity index (χ0) is 19.1. The molecule has 0 spiro atoms. The average Bonchev–Trinajstić information content (AvgIpc) is 2.57. The van der Waals surface area contributed by atoms with E-state index in [4.69, 9.17) is 5.73 Å². The van der Waals surface area contributed by atoms with Gasteiger partial charge in [-0.15, -0.1) is 12.4 Å². The zero-order valence-corrected chi connectivity index (χ0v) is 16.9. The van der Waals surface area contributed by atoms with Crippen LogP contribution >= 0.6 is 24.2 Å². The van der Waals surface area contributed by atoms with Crippen LogP contribution in [0.3, 0.4) is 0 Å². The lowest BCUT2D eigenvalue weighted by Gasteiger charge is -2.20. The Morgan fingerprint density at radius 2 is 1.88 bits per heavy atom. The van der Waals surface area contributed by atoms with E-state index in [0.29, 0.717) is 5.75 Å². The molecule has 0 radical (unpaired) electrons. The number of hydrogen-bond acceptors (Lipinski definition) is 5. The highest BCUT2D eigenvalue weighted by molar-refractivity contribution is 7.98. The van der Waals surface area contributed by atoms with Crippen molar-refractivity contribution in [2.24, 2.45) is 5.73 Å². The summed E-state index contributed by atoms with van der Waals surface area (Å²) in [6, 6.07) is 4.96. The van der Waals surface area contributed by atoms with Crippen LogP contribution in [0.4, 0.5) is 8.78 Å². The SMILES string of the molecule is CSCCC(NS(=O)(=O)c1ccc(C)cc1)C(=O)NCC(F)(F)CN.Cl. The summed E-state index contributed by atoms with van der Waals surface area (Å²) in [6.45, 7) is -0.0294. The first-order valence-electron chi connectivity index (χ1n) is 7.55. The van der Waals surface area contributed by atoms with Gasteiger partial charge in [-0.05, 0) is 37.5 Å². The molecule has 26 heavy (non-hydrogen) atoms. The molecule has 1 atom stereocenters. The number of amides is 1. The molecule has 6 nitrogen and oxygen atoms in total. The summed E-state index contributed by atoms with van der Waals surface area (Å²) in [5.41, 5.74) is 5.81. The minimum absolute atomic E-state index is 0. The number of aryl methyl sites for hydroxylation is 1. The first kappa shape index (κ1) is 25.1. The van der Waals surface area contributed by atoms with Gasteiger partial charge in [0.1, 0.15) is 6.04 Å². The highest BCUT2D eigenvalue weighted by atomic mass is 35.5. The van der Waals surface area contributed by atoms with E-state index in [9.17, 15) is 22.0 Å². The number of alkyl halides is 2. The van der Waals surface area contributed by atoms with Crippen molar-refractivity contribution in [1.82, 2.24) is 10.0 Å². The molecule has 1 rings (SSSR count). The number of nitrogens with one attached hydrogen (secondary N) is 2. The number of hydrogen-bond donors (Lipinski definition) is 3. The maximum absolute atomic E-state index is 13.2. The first-order chi connectivity index (χ1) is 11.6. The van der Waals surface area contributed by atoms with E-state index in [-0.39, 0.29) is 23.7 Å². The molecule has 4 N–H and O–H groups in total. The van der Waals surface area contributed by atoms with Gasteiger partial charge in [0.15, 0.2) is 0 Å².